The van der Waals surface area contributed by atoms with Gasteiger partial charge in [0, 0.05) is 14.8 Å². The van der Waals surface area contributed by atoms with E-state index in [9.17, 15) is 4.79 Å². The van der Waals surface area contributed by atoms with Crippen molar-refractivity contribution in [2.24, 2.45) is 5.73 Å². The molecule has 20 heavy (non-hydrogen) atoms. The predicted octanol–water partition coefficient (Wildman–Crippen LogP) is 3.11. The van der Waals surface area contributed by atoms with Gasteiger partial charge in [-0.05, 0) is 46.4 Å². The van der Waals surface area contributed by atoms with E-state index in [-0.39, 0.29) is 5.91 Å². The first-order valence-corrected chi connectivity index (χ1v) is 7.47. The molecule has 0 heterocycles. The molecular weight excluding hydrogens is 383 g/mol. The van der Waals surface area contributed by atoms with Gasteiger partial charge in [0.05, 0.1) is 6.42 Å². The number of thiocarbonyl (C=S) groups is 1. The number of benzene rings is 2. The molecule has 3 nitrogen and oxygen atoms in total. The molecule has 0 atom stereocenters. The van der Waals surface area contributed by atoms with Crippen molar-refractivity contribution >= 4 is 51.4 Å². The van der Waals surface area contributed by atoms with E-state index in [1.807, 2.05) is 48.5 Å². The first-order valence-electron chi connectivity index (χ1n) is 5.99. The molecule has 0 aliphatic carbocycles. The highest BCUT2D eigenvalue weighted by Crippen LogP contribution is 2.13. The van der Waals surface area contributed by atoms with Gasteiger partial charge in [-0.25, -0.2) is 0 Å². The van der Waals surface area contributed by atoms with E-state index >= 15 is 0 Å². The van der Waals surface area contributed by atoms with Crippen molar-refractivity contribution in [1.29, 1.82) is 0 Å². The third kappa shape index (κ3) is 4.28. The summed E-state index contributed by atoms with van der Waals surface area (Å²) in [6.07, 6.45) is 0.323. The Morgan fingerprint density at radius 3 is 2.50 bits per heavy atom. The molecule has 2 rings (SSSR count). The van der Waals surface area contributed by atoms with Crippen LogP contribution < -0.4 is 11.1 Å². The van der Waals surface area contributed by atoms with Crippen molar-refractivity contribution in [3.8, 4) is 0 Å². The van der Waals surface area contributed by atoms with Gasteiger partial charge in [-0.15, -0.1) is 0 Å². The maximum absolute atomic E-state index is 11.9. The van der Waals surface area contributed by atoms with Crippen LogP contribution in [0.25, 0.3) is 0 Å². The van der Waals surface area contributed by atoms with Gasteiger partial charge < -0.3 is 11.1 Å². The summed E-state index contributed by atoms with van der Waals surface area (Å²) in [4.78, 5) is 12.3. The Morgan fingerprint density at radius 1 is 1.20 bits per heavy atom. The molecular formula is C15H13IN2OS. The van der Waals surface area contributed by atoms with Crippen molar-refractivity contribution in [2.45, 2.75) is 6.42 Å². The Bertz CT molecular complexity index is 641. The second-order valence-electron chi connectivity index (χ2n) is 4.30. The summed E-state index contributed by atoms with van der Waals surface area (Å²) in [5, 5.41) is 2.87. The van der Waals surface area contributed by atoms with E-state index in [0.29, 0.717) is 11.4 Å². The van der Waals surface area contributed by atoms with Crippen LogP contribution in [0.4, 0.5) is 5.69 Å². The van der Waals surface area contributed by atoms with Crippen LogP contribution in [0.2, 0.25) is 0 Å². The van der Waals surface area contributed by atoms with Gasteiger partial charge in [0.1, 0.15) is 4.99 Å². The molecule has 0 fully saturated rings. The molecule has 5 heteroatoms. The van der Waals surface area contributed by atoms with Crippen LogP contribution in [-0.2, 0) is 11.2 Å². The number of halogens is 1. The number of carbonyl (C=O) groups excluding carboxylic acids is 1. The SMILES string of the molecule is NC(=S)c1ccc(CC(=O)Nc2cccc(I)c2)cc1. The number of anilines is 1. The molecule has 3 N–H and O–H groups in total. The van der Waals surface area contributed by atoms with Gasteiger partial charge in [-0.1, -0.05) is 42.5 Å². The highest BCUT2D eigenvalue weighted by molar-refractivity contribution is 14.1. The molecule has 0 aliphatic rings. The fourth-order valence-electron chi connectivity index (χ4n) is 1.74. The summed E-state index contributed by atoms with van der Waals surface area (Å²) in [5.41, 5.74) is 8.07. The average molecular weight is 396 g/mol. The molecule has 0 aliphatic heterocycles. The maximum atomic E-state index is 11.9. The van der Waals surface area contributed by atoms with E-state index in [1.165, 1.54) is 0 Å². The molecule has 0 saturated heterocycles. The quantitative estimate of drug-likeness (QED) is 0.617. The zero-order valence-corrected chi connectivity index (χ0v) is 13.6. The zero-order valence-electron chi connectivity index (χ0n) is 10.6. The summed E-state index contributed by atoms with van der Waals surface area (Å²) >= 11 is 7.10. The minimum absolute atomic E-state index is 0.0462. The smallest absolute Gasteiger partial charge is 0.228 e. The van der Waals surface area contributed by atoms with Gasteiger partial charge in [0.15, 0.2) is 0 Å². The Hall–Kier alpha value is -1.47. The summed E-state index contributed by atoms with van der Waals surface area (Å²) in [6, 6.07) is 15.1. The lowest BCUT2D eigenvalue weighted by Gasteiger charge is -2.06. The summed E-state index contributed by atoms with van der Waals surface area (Å²) in [5.74, 6) is -0.0462. The number of rotatable bonds is 4. The van der Waals surface area contributed by atoms with Crippen molar-refractivity contribution < 1.29 is 4.79 Å². The Morgan fingerprint density at radius 2 is 1.90 bits per heavy atom. The standard InChI is InChI=1S/C15H13IN2OS/c16-12-2-1-3-13(9-12)18-14(19)8-10-4-6-11(7-5-10)15(17)20/h1-7,9H,8H2,(H2,17,20)(H,18,19). The van der Waals surface area contributed by atoms with Crippen LogP contribution in [0, 0.1) is 3.57 Å². The first-order chi connectivity index (χ1) is 9.54. The Kier molecular flexibility index (Phi) is 5.08. The molecule has 1 amide bonds. The van der Waals surface area contributed by atoms with Gasteiger partial charge in [-0.3, -0.25) is 4.79 Å². The Balaban J connectivity index is 1.99. The number of hydrogen-bond acceptors (Lipinski definition) is 2. The van der Waals surface area contributed by atoms with Gasteiger partial charge in [0.2, 0.25) is 5.91 Å². The van der Waals surface area contributed by atoms with E-state index in [2.05, 4.69) is 27.9 Å². The summed E-state index contributed by atoms with van der Waals surface area (Å²) in [6.45, 7) is 0. The lowest BCUT2D eigenvalue weighted by atomic mass is 10.1. The lowest BCUT2D eigenvalue weighted by Crippen LogP contribution is -2.15. The molecule has 0 radical (unpaired) electrons. The van der Waals surface area contributed by atoms with Crippen molar-refractivity contribution in [3.63, 3.8) is 0 Å². The second kappa shape index (κ2) is 6.81. The van der Waals surface area contributed by atoms with Crippen LogP contribution in [0.5, 0.6) is 0 Å². The van der Waals surface area contributed by atoms with Gasteiger partial charge >= 0.3 is 0 Å². The largest absolute Gasteiger partial charge is 0.389 e. The van der Waals surface area contributed by atoms with Crippen LogP contribution in [0.3, 0.4) is 0 Å². The monoisotopic (exact) mass is 396 g/mol. The van der Waals surface area contributed by atoms with Crippen LogP contribution in [0.15, 0.2) is 48.5 Å². The van der Waals surface area contributed by atoms with E-state index in [0.717, 1.165) is 20.4 Å². The minimum Gasteiger partial charge on any atom is -0.389 e. The Labute approximate surface area is 136 Å². The number of hydrogen-bond donors (Lipinski definition) is 2. The van der Waals surface area contributed by atoms with Crippen LogP contribution in [-0.4, -0.2) is 10.9 Å². The number of carbonyl (C=O) groups is 1. The molecule has 102 valence electrons. The number of nitrogens with one attached hydrogen (secondary N) is 1. The van der Waals surface area contributed by atoms with Crippen molar-refractivity contribution in [1.82, 2.24) is 0 Å². The molecule has 2 aromatic rings. The van der Waals surface area contributed by atoms with Gasteiger partial charge in [0.25, 0.3) is 0 Å². The fraction of sp³-hybridized carbons (Fsp3) is 0.0667. The third-order valence-electron chi connectivity index (χ3n) is 2.71. The predicted molar refractivity (Wildman–Crippen MR) is 93.8 cm³/mol. The lowest BCUT2D eigenvalue weighted by molar-refractivity contribution is -0.115. The third-order valence-corrected chi connectivity index (χ3v) is 3.62. The van der Waals surface area contributed by atoms with E-state index in [1.54, 1.807) is 0 Å². The number of nitrogens with two attached hydrogens (primary N) is 1. The average Bonchev–Trinajstić information content (AvgIpc) is 2.39. The molecule has 2 aromatic carbocycles. The second-order valence-corrected chi connectivity index (χ2v) is 5.98. The number of amides is 1. The molecule has 0 bridgehead atoms. The van der Waals surface area contributed by atoms with E-state index < -0.39 is 0 Å². The maximum Gasteiger partial charge on any atom is 0.228 e. The van der Waals surface area contributed by atoms with Gasteiger partial charge in [-0.2, -0.15) is 0 Å². The van der Waals surface area contributed by atoms with Crippen molar-refractivity contribution in [2.75, 3.05) is 5.32 Å². The topological polar surface area (TPSA) is 55.1 Å². The fourth-order valence-corrected chi connectivity index (χ4v) is 2.42. The highest BCUT2D eigenvalue weighted by Gasteiger charge is 2.05. The first kappa shape index (κ1) is 14.9. The zero-order chi connectivity index (χ0) is 14.5. The highest BCUT2D eigenvalue weighted by atomic mass is 127. The summed E-state index contributed by atoms with van der Waals surface area (Å²) < 4.78 is 1.08. The van der Waals surface area contributed by atoms with Crippen molar-refractivity contribution in [3.05, 3.63) is 63.2 Å². The molecule has 0 aromatic heterocycles. The van der Waals surface area contributed by atoms with E-state index in [4.69, 9.17) is 18.0 Å². The molecule has 0 spiro atoms. The molecule has 0 saturated carbocycles. The molecule has 0 unspecified atom stereocenters. The van der Waals surface area contributed by atoms with Crippen LogP contribution in [0.1, 0.15) is 11.1 Å². The minimum atomic E-state index is -0.0462. The van der Waals surface area contributed by atoms with Crippen LogP contribution >= 0.6 is 34.8 Å². The normalized spacial score (nSPS) is 10.1. The summed E-state index contributed by atoms with van der Waals surface area (Å²) in [7, 11) is 0.